The van der Waals surface area contributed by atoms with Gasteiger partial charge in [-0.05, 0) is 30.2 Å². The van der Waals surface area contributed by atoms with Crippen molar-refractivity contribution in [1.29, 1.82) is 0 Å². The van der Waals surface area contributed by atoms with E-state index >= 15 is 0 Å². The number of carbonyl (C=O) groups excluding carboxylic acids is 1. The summed E-state index contributed by atoms with van der Waals surface area (Å²) < 4.78 is 70.1. The minimum absolute atomic E-state index is 0.0283. The number of nitrogens with zero attached hydrogens (tertiary/aromatic N) is 4. The molecule has 30 heavy (non-hydrogen) atoms. The number of carbonyl (C=O) groups is 1. The van der Waals surface area contributed by atoms with Gasteiger partial charge < -0.3 is 4.74 Å². The predicted molar refractivity (Wildman–Crippen MR) is 99.5 cm³/mol. The number of rotatable bonds is 4. The van der Waals surface area contributed by atoms with Gasteiger partial charge in [-0.25, -0.2) is 13.9 Å². The van der Waals surface area contributed by atoms with Gasteiger partial charge in [0.1, 0.15) is 11.9 Å². The minimum atomic E-state index is -4.61. The normalized spacial score (nSPS) is 22.2. The van der Waals surface area contributed by atoms with Crippen LogP contribution < -0.4 is 4.90 Å². The predicted octanol–water partition coefficient (Wildman–Crippen LogP) is 3.00. The molecular weight excluding hydrogens is 428 g/mol. The van der Waals surface area contributed by atoms with Crippen LogP contribution in [-0.4, -0.2) is 49.5 Å². The molecule has 0 bridgehead atoms. The van der Waals surface area contributed by atoms with E-state index in [4.69, 9.17) is 4.74 Å². The third-order valence-electron chi connectivity index (χ3n) is 4.82. The Balaban J connectivity index is 1.46. The molecule has 1 unspecified atom stereocenters. The number of cyclic esters (lactones) is 1. The molecule has 0 aliphatic carbocycles. The van der Waals surface area contributed by atoms with Crippen LogP contribution in [-0.2, 0) is 28.3 Å². The van der Waals surface area contributed by atoms with Gasteiger partial charge in [-0.2, -0.15) is 13.2 Å². The van der Waals surface area contributed by atoms with Crippen molar-refractivity contribution in [3.05, 3.63) is 47.5 Å². The quantitative estimate of drug-likeness (QED) is 0.678. The molecule has 1 fully saturated rings. The van der Waals surface area contributed by atoms with Gasteiger partial charge in [-0.15, -0.1) is 5.10 Å². The van der Waals surface area contributed by atoms with Crippen molar-refractivity contribution in [3.63, 3.8) is 0 Å². The summed E-state index contributed by atoms with van der Waals surface area (Å²) >= 11 is 0. The number of halogens is 4. The lowest BCUT2D eigenvalue weighted by Crippen LogP contribution is -2.26. The third-order valence-corrected chi connectivity index (χ3v) is 6.02. The van der Waals surface area contributed by atoms with Crippen LogP contribution in [0.25, 0.3) is 5.57 Å². The Morgan fingerprint density at radius 1 is 1.30 bits per heavy atom. The number of aromatic nitrogens is 3. The first-order chi connectivity index (χ1) is 14.2. The van der Waals surface area contributed by atoms with Gasteiger partial charge in [0.2, 0.25) is 0 Å². The maximum absolute atomic E-state index is 14.6. The number of alkyl halides is 3. The third kappa shape index (κ3) is 4.23. The summed E-state index contributed by atoms with van der Waals surface area (Å²) in [5, 5.41) is 6.46. The fourth-order valence-corrected chi connectivity index (χ4v) is 4.33. The van der Waals surface area contributed by atoms with Crippen LogP contribution in [0.5, 0.6) is 0 Å². The molecule has 12 heteroatoms. The number of ether oxygens (including phenoxy) is 1. The fourth-order valence-electron chi connectivity index (χ4n) is 3.33. The summed E-state index contributed by atoms with van der Waals surface area (Å²) in [6.07, 6.45) is -3.11. The average molecular weight is 444 g/mol. The first kappa shape index (κ1) is 20.5. The molecule has 0 spiro atoms. The van der Waals surface area contributed by atoms with Crippen LogP contribution in [0.4, 0.5) is 28.0 Å². The standard InChI is InChI=1S/C18H16F4N4O3S/c19-15-7-12(1-2-14(15)11-3-5-30(28)6-4-11)26-9-13(29-17(26)27)8-25-10-16(23-24-25)18(20,21)22/h1-3,7,10,13H,4-6,8-9H2/t13-,30?/m0/s1. The fraction of sp³-hybridized carbons (Fsp3) is 0.389. The highest BCUT2D eigenvalue weighted by Crippen LogP contribution is 2.30. The Kier molecular flexibility index (Phi) is 5.35. The number of anilines is 1. The average Bonchev–Trinajstić information content (AvgIpc) is 3.29. The van der Waals surface area contributed by atoms with Crippen molar-refractivity contribution in [3.8, 4) is 0 Å². The number of allylic oxidation sites excluding steroid dienone is 1. The number of hydrogen-bond donors (Lipinski definition) is 0. The molecule has 1 amide bonds. The molecular formula is C18H16F4N4O3S. The minimum Gasteiger partial charge on any atom is -0.442 e. The number of amides is 1. The van der Waals surface area contributed by atoms with Crippen molar-refractivity contribution in [1.82, 2.24) is 15.0 Å². The summed E-state index contributed by atoms with van der Waals surface area (Å²) in [4.78, 5) is 13.4. The van der Waals surface area contributed by atoms with Crippen molar-refractivity contribution in [2.45, 2.75) is 25.2 Å². The second-order valence-corrected chi connectivity index (χ2v) is 8.52. The van der Waals surface area contributed by atoms with E-state index in [1.807, 2.05) is 0 Å². The van der Waals surface area contributed by atoms with Gasteiger partial charge in [0.05, 0.1) is 25.0 Å². The summed E-state index contributed by atoms with van der Waals surface area (Å²) in [5.74, 6) is 0.342. The van der Waals surface area contributed by atoms with Gasteiger partial charge in [-0.3, -0.25) is 9.11 Å². The van der Waals surface area contributed by atoms with Crippen molar-refractivity contribution in [2.24, 2.45) is 0 Å². The van der Waals surface area contributed by atoms with Gasteiger partial charge in [-0.1, -0.05) is 11.3 Å². The van der Waals surface area contributed by atoms with Gasteiger partial charge in [0.15, 0.2) is 5.69 Å². The zero-order chi connectivity index (χ0) is 21.5. The highest BCUT2D eigenvalue weighted by molar-refractivity contribution is 7.85. The highest BCUT2D eigenvalue weighted by atomic mass is 32.2. The molecule has 2 atom stereocenters. The Hall–Kier alpha value is -2.76. The number of benzene rings is 1. The van der Waals surface area contributed by atoms with Gasteiger partial charge >= 0.3 is 12.3 Å². The van der Waals surface area contributed by atoms with Crippen molar-refractivity contribution < 1.29 is 31.3 Å². The molecule has 160 valence electrons. The van der Waals surface area contributed by atoms with Gasteiger partial charge in [0, 0.05) is 27.9 Å². The molecule has 0 radical (unpaired) electrons. The van der Waals surface area contributed by atoms with Crippen LogP contribution >= 0.6 is 0 Å². The molecule has 0 saturated carbocycles. The van der Waals surface area contributed by atoms with Crippen LogP contribution in [0.1, 0.15) is 17.7 Å². The molecule has 2 aliphatic rings. The SMILES string of the molecule is O=C1O[C@@H](Cn2cc(C(F)(F)F)nn2)CN1c1ccc(C2=CCS(=O)CC2)c(F)c1. The summed E-state index contributed by atoms with van der Waals surface area (Å²) in [6, 6.07) is 4.34. The Morgan fingerprint density at radius 3 is 2.73 bits per heavy atom. The molecule has 1 aromatic heterocycles. The smallest absolute Gasteiger partial charge is 0.436 e. The zero-order valence-corrected chi connectivity index (χ0v) is 16.2. The van der Waals surface area contributed by atoms with E-state index in [1.54, 1.807) is 18.2 Å². The molecule has 3 heterocycles. The zero-order valence-electron chi connectivity index (χ0n) is 15.4. The first-order valence-corrected chi connectivity index (χ1v) is 10.5. The molecule has 4 rings (SSSR count). The summed E-state index contributed by atoms with van der Waals surface area (Å²) in [6.45, 7) is -0.0869. The van der Waals surface area contributed by atoms with Crippen LogP contribution in [0, 0.1) is 5.82 Å². The van der Waals surface area contributed by atoms with Gasteiger partial charge in [0.25, 0.3) is 0 Å². The maximum Gasteiger partial charge on any atom is 0.436 e. The highest BCUT2D eigenvalue weighted by Gasteiger charge is 2.36. The van der Waals surface area contributed by atoms with Crippen molar-refractivity contribution in [2.75, 3.05) is 23.0 Å². The summed E-state index contributed by atoms with van der Waals surface area (Å²) in [5.41, 5.74) is 0.300. The Labute approximate surface area is 170 Å². The molecule has 0 N–H and O–H groups in total. The second kappa shape index (κ2) is 7.82. The Morgan fingerprint density at radius 2 is 2.10 bits per heavy atom. The topological polar surface area (TPSA) is 77.3 Å². The van der Waals surface area contributed by atoms with Crippen LogP contribution in [0.2, 0.25) is 0 Å². The summed E-state index contributed by atoms with van der Waals surface area (Å²) in [7, 11) is -0.919. The van der Waals surface area contributed by atoms with Crippen molar-refractivity contribution >= 4 is 28.2 Å². The second-order valence-electron chi connectivity index (χ2n) is 6.89. The number of hydrogen-bond acceptors (Lipinski definition) is 5. The van der Waals surface area contributed by atoms with E-state index in [9.17, 15) is 26.6 Å². The lowest BCUT2D eigenvalue weighted by atomic mass is 10.0. The lowest BCUT2D eigenvalue weighted by Gasteiger charge is -2.17. The molecule has 1 saturated heterocycles. The van der Waals surface area contributed by atoms with E-state index in [2.05, 4.69) is 10.3 Å². The monoisotopic (exact) mass is 444 g/mol. The molecule has 1 aromatic carbocycles. The van der Waals surface area contributed by atoms with E-state index < -0.39 is 40.7 Å². The van der Waals surface area contributed by atoms with E-state index in [0.717, 1.165) is 16.5 Å². The van der Waals surface area contributed by atoms with E-state index in [1.165, 1.54) is 11.0 Å². The largest absolute Gasteiger partial charge is 0.442 e. The van der Waals surface area contributed by atoms with Crippen LogP contribution in [0.15, 0.2) is 30.5 Å². The molecule has 2 aromatic rings. The van der Waals surface area contributed by atoms with E-state index in [0.29, 0.717) is 23.5 Å². The van der Waals surface area contributed by atoms with E-state index in [-0.39, 0.29) is 18.8 Å². The Bertz CT molecular complexity index is 1040. The maximum atomic E-state index is 14.6. The first-order valence-electron chi connectivity index (χ1n) is 9.00. The van der Waals surface area contributed by atoms with Crippen LogP contribution in [0.3, 0.4) is 0 Å². The molecule has 7 nitrogen and oxygen atoms in total. The molecule has 2 aliphatic heterocycles. The lowest BCUT2D eigenvalue weighted by molar-refractivity contribution is -0.141.